The molecule has 0 heterocycles. The minimum Gasteiger partial charge on any atom is -0.459 e. The van der Waals surface area contributed by atoms with Gasteiger partial charge in [0.05, 0.1) is 0 Å². The monoisotopic (exact) mass is 154 g/mol. The molecule has 0 aromatic heterocycles. The van der Waals surface area contributed by atoms with E-state index in [2.05, 4.69) is 6.58 Å². The van der Waals surface area contributed by atoms with Gasteiger partial charge in [-0.15, -0.1) is 0 Å². The zero-order valence-corrected chi connectivity index (χ0v) is 6.21. The predicted molar refractivity (Wildman–Crippen MR) is 38.9 cm³/mol. The van der Waals surface area contributed by atoms with Crippen molar-refractivity contribution in [2.45, 2.75) is 25.4 Å². The number of rotatable bonds is 2. The van der Waals surface area contributed by atoms with Crippen LogP contribution in [0, 0.1) is 0 Å². The molecule has 11 heavy (non-hydrogen) atoms. The van der Waals surface area contributed by atoms with Crippen LogP contribution in [0.25, 0.3) is 0 Å². The second-order valence-corrected chi connectivity index (χ2v) is 2.54. The van der Waals surface area contributed by atoms with Crippen molar-refractivity contribution >= 4 is 11.8 Å². The molecule has 3 nitrogen and oxygen atoms in total. The molecule has 1 rings (SSSR count). The van der Waals surface area contributed by atoms with Gasteiger partial charge in [0.15, 0.2) is 0 Å². The van der Waals surface area contributed by atoms with Crippen LogP contribution in [0.15, 0.2) is 12.7 Å². The topological polar surface area (TPSA) is 43.4 Å². The van der Waals surface area contributed by atoms with Crippen LogP contribution in [0.2, 0.25) is 0 Å². The maximum atomic E-state index is 10.7. The lowest BCUT2D eigenvalue weighted by molar-refractivity contribution is -0.142. The Balaban J connectivity index is 2.33. The standard InChI is InChI=1S/C8H10O3/c1-2-8(10)11-7-4-3-6(9)5-7/h2,7H,1,3-5H2. The molecule has 1 saturated carbocycles. The van der Waals surface area contributed by atoms with Gasteiger partial charge in [0.2, 0.25) is 0 Å². The Morgan fingerprint density at radius 3 is 2.91 bits per heavy atom. The molecule has 0 aromatic rings. The zero-order chi connectivity index (χ0) is 8.27. The fourth-order valence-corrected chi connectivity index (χ4v) is 1.09. The quantitative estimate of drug-likeness (QED) is 0.437. The number of hydrogen-bond acceptors (Lipinski definition) is 3. The highest BCUT2D eigenvalue weighted by molar-refractivity contribution is 5.84. The molecule has 60 valence electrons. The molecule has 0 spiro atoms. The first kappa shape index (κ1) is 7.98. The average molecular weight is 154 g/mol. The molecule has 1 aliphatic rings. The van der Waals surface area contributed by atoms with Gasteiger partial charge in [-0.3, -0.25) is 4.79 Å². The van der Waals surface area contributed by atoms with Gasteiger partial charge >= 0.3 is 5.97 Å². The summed E-state index contributed by atoms with van der Waals surface area (Å²) >= 11 is 0. The van der Waals surface area contributed by atoms with Gasteiger partial charge in [-0.1, -0.05) is 6.58 Å². The van der Waals surface area contributed by atoms with E-state index in [-0.39, 0.29) is 11.9 Å². The summed E-state index contributed by atoms with van der Waals surface area (Å²) in [5, 5.41) is 0. The number of Topliss-reactive ketones (excluding diaryl/α,β-unsaturated/α-hetero) is 1. The van der Waals surface area contributed by atoms with Crippen molar-refractivity contribution in [1.29, 1.82) is 0 Å². The first-order valence-electron chi connectivity index (χ1n) is 3.57. The molecule has 0 N–H and O–H groups in total. The van der Waals surface area contributed by atoms with Crippen molar-refractivity contribution in [2.24, 2.45) is 0 Å². The Bertz CT molecular complexity index is 196. The SMILES string of the molecule is C=CC(=O)OC1CCC(=O)C1. The number of hydrogen-bond donors (Lipinski definition) is 0. The summed E-state index contributed by atoms with van der Waals surface area (Å²) in [6.07, 6.45) is 2.49. The molecule has 0 aromatic carbocycles. The Hall–Kier alpha value is -1.12. The third kappa shape index (κ3) is 2.18. The second-order valence-electron chi connectivity index (χ2n) is 2.54. The van der Waals surface area contributed by atoms with E-state index in [4.69, 9.17) is 4.74 Å². The lowest BCUT2D eigenvalue weighted by atomic mass is 10.3. The predicted octanol–water partition coefficient (Wildman–Crippen LogP) is 0.837. The number of esters is 1. The van der Waals surface area contributed by atoms with Crippen LogP contribution in [-0.4, -0.2) is 17.9 Å². The van der Waals surface area contributed by atoms with Crippen molar-refractivity contribution in [1.82, 2.24) is 0 Å². The highest BCUT2D eigenvalue weighted by Gasteiger charge is 2.24. The van der Waals surface area contributed by atoms with Crippen molar-refractivity contribution in [3.63, 3.8) is 0 Å². The molecule has 3 heteroatoms. The molecule has 0 saturated heterocycles. The van der Waals surface area contributed by atoms with Gasteiger partial charge < -0.3 is 4.74 Å². The molecule has 0 bridgehead atoms. The van der Waals surface area contributed by atoms with Crippen LogP contribution in [0.1, 0.15) is 19.3 Å². The van der Waals surface area contributed by atoms with Gasteiger partial charge in [0.25, 0.3) is 0 Å². The minimum atomic E-state index is -0.440. The number of carbonyl (C=O) groups is 2. The van der Waals surface area contributed by atoms with Crippen LogP contribution >= 0.6 is 0 Å². The van der Waals surface area contributed by atoms with Crippen molar-refractivity contribution < 1.29 is 14.3 Å². The largest absolute Gasteiger partial charge is 0.459 e. The maximum absolute atomic E-state index is 10.7. The Morgan fingerprint density at radius 2 is 2.45 bits per heavy atom. The summed E-state index contributed by atoms with van der Waals surface area (Å²) in [6.45, 7) is 3.26. The Morgan fingerprint density at radius 1 is 1.73 bits per heavy atom. The lowest BCUT2D eigenvalue weighted by Gasteiger charge is -2.06. The summed E-state index contributed by atoms with van der Waals surface area (Å²) in [6, 6.07) is 0. The highest BCUT2D eigenvalue weighted by atomic mass is 16.5. The molecule has 1 unspecified atom stereocenters. The molecule has 0 amide bonds. The zero-order valence-electron chi connectivity index (χ0n) is 6.21. The molecular formula is C8H10O3. The van der Waals surface area contributed by atoms with Crippen molar-refractivity contribution in [3.05, 3.63) is 12.7 Å². The fourth-order valence-electron chi connectivity index (χ4n) is 1.09. The first-order chi connectivity index (χ1) is 5.22. The van der Waals surface area contributed by atoms with Crippen LogP contribution in [0.4, 0.5) is 0 Å². The van der Waals surface area contributed by atoms with Gasteiger partial charge in [-0.25, -0.2) is 4.79 Å². The van der Waals surface area contributed by atoms with Crippen LogP contribution < -0.4 is 0 Å². The van der Waals surface area contributed by atoms with Crippen molar-refractivity contribution in [2.75, 3.05) is 0 Å². The fraction of sp³-hybridized carbons (Fsp3) is 0.500. The maximum Gasteiger partial charge on any atom is 0.330 e. The molecular weight excluding hydrogens is 144 g/mol. The van der Waals surface area contributed by atoms with E-state index in [9.17, 15) is 9.59 Å². The normalized spacial score (nSPS) is 23.3. The summed E-state index contributed by atoms with van der Waals surface area (Å²) in [5.74, 6) is -0.267. The number of carbonyl (C=O) groups excluding carboxylic acids is 2. The van der Waals surface area contributed by atoms with Gasteiger partial charge in [0.1, 0.15) is 11.9 Å². The Kier molecular flexibility index (Phi) is 2.41. The number of ether oxygens (including phenoxy) is 1. The van der Waals surface area contributed by atoms with E-state index in [1.54, 1.807) is 0 Å². The van der Waals surface area contributed by atoms with Crippen LogP contribution in [0.5, 0.6) is 0 Å². The summed E-state index contributed by atoms with van der Waals surface area (Å²) in [4.78, 5) is 21.3. The smallest absolute Gasteiger partial charge is 0.330 e. The van der Waals surface area contributed by atoms with Gasteiger partial charge in [0, 0.05) is 18.9 Å². The van der Waals surface area contributed by atoms with E-state index in [0.717, 1.165) is 6.08 Å². The minimum absolute atomic E-state index is 0.173. The Labute approximate surface area is 65.0 Å². The van der Waals surface area contributed by atoms with E-state index in [1.165, 1.54) is 0 Å². The molecule has 1 fully saturated rings. The van der Waals surface area contributed by atoms with E-state index >= 15 is 0 Å². The van der Waals surface area contributed by atoms with Gasteiger partial charge in [-0.05, 0) is 6.42 Å². The third-order valence-corrected chi connectivity index (χ3v) is 1.65. The van der Waals surface area contributed by atoms with E-state index < -0.39 is 5.97 Å². The highest BCUT2D eigenvalue weighted by Crippen LogP contribution is 2.17. The molecule has 1 atom stereocenters. The van der Waals surface area contributed by atoms with Gasteiger partial charge in [-0.2, -0.15) is 0 Å². The molecule has 1 aliphatic carbocycles. The van der Waals surface area contributed by atoms with Crippen LogP contribution in [-0.2, 0) is 14.3 Å². The third-order valence-electron chi connectivity index (χ3n) is 1.65. The molecule has 0 radical (unpaired) electrons. The molecule has 0 aliphatic heterocycles. The van der Waals surface area contributed by atoms with E-state index in [1.807, 2.05) is 0 Å². The first-order valence-corrected chi connectivity index (χ1v) is 3.57. The summed E-state index contributed by atoms with van der Waals surface area (Å²) in [5.41, 5.74) is 0. The van der Waals surface area contributed by atoms with Crippen LogP contribution in [0.3, 0.4) is 0 Å². The summed E-state index contributed by atoms with van der Waals surface area (Å²) < 4.78 is 4.85. The van der Waals surface area contributed by atoms with E-state index in [0.29, 0.717) is 19.3 Å². The number of ketones is 1. The second kappa shape index (κ2) is 3.32. The summed E-state index contributed by atoms with van der Waals surface area (Å²) in [7, 11) is 0. The lowest BCUT2D eigenvalue weighted by Crippen LogP contribution is -2.12. The average Bonchev–Trinajstić information content (AvgIpc) is 2.35. The van der Waals surface area contributed by atoms with Crippen molar-refractivity contribution in [3.8, 4) is 0 Å².